The quantitative estimate of drug-likeness (QED) is 0.772. The summed E-state index contributed by atoms with van der Waals surface area (Å²) >= 11 is 0. The molecule has 0 saturated heterocycles. The number of anilines is 1. The third-order valence-corrected chi connectivity index (χ3v) is 3.40. The number of rotatable bonds is 4. The summed E-state index contributed by atoms with van der Waals surface area (Å²) in [6.45, 7) is 0.589. The number of hydrogen-bond donors (Lipinski definition) is 2. The molecule has 0 radical (unpaired) electrons. The summed E-state index contributed by atoms with van der Waals surface area (Å²) in [6.07, 6.45) is 0. The van der Waals surface area contributed by atoms with Gasteiger partial charge in [-0.25, -0.2) is 0 Å². The van der Waals surface area contributed by atoms with E-state index in [-0.39, 0.29) is 5.56 Å². The third kappa shape index (κ3) is 2.89. The molecule has 0 unspecified atom stereocenters. The van der Waals surface area contributed by atoms with Crippen molar-refractivity contribution in [1.29, 1.82) is 0 Å². The Balaban J connectivity index is 1.81. The van der Waals surface area contributed by atoms with E-state index in [1.165, 1.54) is 0 Å². The van der Waals surface area contributed by atoms with Crippen LogP contribution in [0.25, 0.3) is 10.9 Å². The summed E-state index contributed by atoms with van der Waals surface area (Å²) in [7, 11) is 1.64. The first-order valence-corrected chi connectivity index (χ1v) is 6.75. The van der Waals surface area contributed by atoms with Gasteiger partial charge in [-0.3, -0.25) is 4.79 Å². The lowest BCUT2D eigenvalue weighted by molar-refractivity contribution is 0.414. The molecule has 3 aromatic rings. The predicted octanol–water partition coefficient (Wildman–Crippen LogP) is 3.15. The monoisotopic (exact) mass is 280 g/mol. The van der Waals surface area contributed by atoms with Gasteiger partial charge in [0.05, 0.1) is 7.11 Å². The lowest BCUT2D eigenvalue weighted by atomic mass is 10.2. The van der Waals surface area contributed by atoms with Crippen molar-refractivity contribution in [1.82, 2.24) is 4.98 Å². The molecular formula is C17H16N2O2. The summed E-state index contributed by atoms with van der Waals surface area (Å²) in [5.74, 6) is 0.822. The van der Waals surface area contributed by atoms with E-state index in [1.807, 2.05) is 54.6 Å². The second-order valence-electron chi connectivity index (χ2n) is 4.80. The minimum absolute atomic E-state index is 0.109. The molecule has 21 heavy (non-hydrogen) atoms. The van der Waals surface area contributed by atoms with Gasteiger partial charge >= 0.3 is 0 Å². The molecule has 3 rings (SSSR count). The van der Waals surface area contributed by atoms with Crippen LogP contribution in [0, 0.1) is 0 Å². The standard InChI is InChI=1S/C17H16N2O2/c1-21-14-8-6-12(7-9-14)11-18-16-10-13-4-2-3-5-15(13)19-17(16)20/h2-10,18H,11H2,1H3,(H,19,20). The van der Waals surface area contributed by atoms with Crippen LogP contribution in [0.2, 0.25) is 0 Å². The van der Waals surface area contributed by atoms with Crippen LogP contribution in [-0.4, -0.2) is 12.1 Å². The minimum atomic E-state index is -0.109. The molecule has 0 spiro atoms. The van der Waals surface area contributed by atoms with Gasteiger partial charge in [0.15, 0.2) is 0 Å². The molecule has 1 heterocycles. The Morgan fingerprint density at radius 2 is 1.86 bits per heavy atom. The van der Waals surface area contributed by atoms with Crippen LogP contribution >= 0.6 is 0 Å². The number of ether oxygens (including phenoxy) is 1. The molecule has 1 aromatic heterocycles. The molecule has 0 aliphatic rings. The van der Waals surface area contributed by atoms with E-state index in [1.54, 1.807) is 7.11 Å². The van der Waals surface area contributed by atoms with Gasteiger partial charge in [-0.1, -0.05) is 30.3 Å². The van der Waals surface area contributed by atoms with Gasteiger partial charge in [0.2, 0.25) is 0 Å². The van der Waals surface area contributed by atoms with E-state index in [9.17, 15) is 4.79 Å². The van der Waals surface area contributed by atoms with Gasteiger partial charge in [-0.2, -0.15) is 0 Å². The fourth-order valence-electron chi connectivity index (χ4n) is 2.22. The van der Waals surface area contributed by atoms with Crippen LogP contribution in [0.1, 0.15) is 5.56 Å². The first-order chi connectivity index (χ1) is 10.3. The third-order valence-electron chi connectivity index (χ3n) is 3.40. The van der Waals surface area contributed by atoms with Crippen molar-refractivity contribution in [3.05, 3.63) is 70.5 Å². The van der Waals surface area contributed by atoms with E-state index < -0.39 is 0 Å². The highest BCUT2D eigenvalue weighted by Gasteiger charge is 2.02. The summed E-state index contributed by atoms with van der Waals surface area (Å²) in [5, 5.41) is 4.18. The Labute approximate surface area is 122 Å². The van der Waals surface area contributed by atoms with Crippen molar-refractivity contribution in [2.24, 2.45) is 0 Å². The van der Waals surface area contributed by atoms with E-state index in [2.05, 4.69) is 10.3 Å². The van der Waals surface area contributed by atoms with E-state index in [0.717, 1.165) is 22.2 Å². The second-order valence-corrected chi connectivity index (χ2v) is 4.80. The molecule has 4 nitrogen and oxygen atoms in total. The van der Waals surface area contributed by atoms with Crippen LogP contribution in [0.15, 0.2) is 59.4 Å². The summed E-state index contributed by atoms with van der Waals surface area (Å²) in [5.41, 5.74) is 2.40. The fourth-order valence-corrected chi connectivity index (χ4v) is 2.22. The number of benzene rings is 2. The first-order valence-electron chi connectivity index (χ1n) is 6.75. The summed E-state index contributed by atoms with van der Waals surface area (Å²) in [6, 6.07) is 17.4. The number of hydrogen-bond acceptors (Lipinski definition) is 3. The molecule has 0 amide bonds. The van der Waals surface area contributed by atoms with Crippen LogP contribution in [0.5, 0.6) is 5.75 Å². The molecule has 4 heteroatoms. The summed E-state index contributed by atoms with van der Waals surface area (Å²) in [4.78, 5) is 14.9. The van der Waals surface area contributed by atoms with Gasteiger partial charge in [-0.05, 0) is 29.8 Å². The largest absolute Gasteiger partial charge is 0.497 e. The molecule has 2 aromatic carbocycles. The van der Waals surface area contributed by atoms with E-state index >= 15 is 0 Å². The number of nitrogens with one attached hydrogen (secondary N) is 2. The molecule has 2 N–H and O–H groups in total. The maximum atomic E-state index is 12.0. The minimum Gasteiger partial charge on any atom is -0.497 e. The Morgan fingerprint density at radius 3 is 2.62 bits per heavy atom. The zero-order valence-corrected chi connectivity index (χ0v) is 11.7. The SMILES string of the molecule is COc1ccc(CNc2cc3ccccc3[nH]c2=O)cc1. The lowest BCUT2D eigenvalue weighted by Gasteiger charge is -2.08. The highest BCUT2D eigenvalue weighted by molar-refractivity contribution is 5.81. The number of fused-ring (bicyclic) bond motifs is 1. The van der Waals surface area contributed by atoms with Crippen molar-refractivity contribution < 1.29 is 4.74 Å². The maximum absolute atomic E-state index is 12.0. The molecule has 0 atom stereocenters. The number of para-hydroxylation sites is 1. The number of pyridine rings is 1. The van der Waals surface area contributed by atoms with Crippen molar-refractivity contribution in [3.63, 3.8) is 0 Å². The van der Waals surface area contributed by atoms with Crippen molar-refractivity contribution in [2.75, 3.05) is 12.4 Å². The molecule has 0 aliphatic heterocycles. The molecular weight excluding hydrogens is 264 g/mol. The topological polar surface area (TPSA) is 54.1 Å². The van der Waals surface area contributed by atoms with E-state index in [4.69, 9.17) is 4.74 Å². The van der Waals surface area contributed by atoms with Gasteiger partial charge in [0.1, 0.15) is 11.4 Å². The number of methoxy groups -OCH3 is 1. The lowest BCUT2D eigenvalue weighted by Crippen LogP contribution is -2.13. The van der Waals surface area contributed by atoms with Crippen molar-refractivity contribution in [2.45, 2.75) is 6.54 Å². The number of H-pyrrole nitrogens is 1. The smallest absolute Gasteiger partial charge is 0.271 e. The molecule has 0 fully saturated rings. The van der Waals surface area contributed by atoms with Gasteiger partial charge in [0.25, 0.3) is 5.56 Å². The normalized spacial score (nSPS) is 10.5. The van der Waals surface area contributed by atoms with Crippen molar-refractivity contribution in [3.8, 4) is 5.75 Å². The zero-order valence-electron chi connectivity index (χ0n) is 11.7. The van der Waals surface area contributed by atoms with Crippen LogP contribution in [0.3, 0.4) is 0 Å². The van der Waals surface area contributed by atoms with Crippen molar-refractivity contribution >= 4 is 16.6 Å². The average Bonchev–Trinajstić information content (AvgIpc) is 2.53. The average molecular weight is 280 g/mol. The van der Waals surface area contributed by atoms with Gasteiger partial charge in [0, 0.05) is 17.4 Å². The second kappa shape index (κ2) is 5.71. The van der Waals surface area contributed by atoms with Gasteiger partial charge < -0.3 is 15.0 Å². The fraction of sp³-hybridized carbons (Fsp3) is 0.118. The molecule has 0 bridgehead atoms. The summed E-state index contributed by atoms with van der Waals surface area (Å²) < 4.78 is 5.12. The Kier molecular flexibility index (Phi) is 3.60. The predicted molar refractivity (Wildman–Crippen MR) is 84.9 cm³/mol. The number of aromatic amines is 1. The molecule has 0 aliphatic carbocycles. The maximum Gasteiger partial charge on any atom is 0.271 e. The Hall–Kier alpha value is -2.75. The van der Waals surface area contributed by atoms with E-state index in [0.29, 0.717) is 12.2 Å². The highest BCUT2D eigenvalue weighted by atomic mass is 16.5. The highest BCUT2D eigenvalue weighted by Crippen LogP contribution is 2.15. The van der Waals surface area contributed by atoms with Gasteiger partial charge in [-0.15, -0.1) is 0 Å². The zero-order chi connectivity index (χ0) is 14.7. The van der Waals surface area contributed by atoms with Crippen LogP contribution in [0.4, 0.5) is 5.69 Å². The number of aromatic nitrogens is 1. The Bertz CT molecular complexity index is 807. The van der Waals surface area contributed by atoms with Crippen LogP contribution < -0.4 is 15.6 Å². The molecule has 0 saturated carbocycles. The Morgan fingerprint density at radius 1 is 1.10 bits per heavy atom. The molecule has 106 valence electrons. The first kappa shape index (κ1) is 13.2. The van der Waals surface area contributed by atoms with Crippen LogP contribution in [-0.2, 0) is 6.54 Å².